The number of carbonyl (C=O) groups excluding carboxylic acids is 1. The summed E-state index contributed by atoms with van der Waals surface area (Å²) in [7, 11) is 0. The van der Waals surface area contributed by atoms with Gasteiger partial charge in [-0.3, -0.25) is 4.79 Å². The minimum atomic E-state index is -1.42. The number of benzene rings is 2. The van der Waals surface area contributed by atoms with Crippen molar-refractivity contribution in [1.29, 1.82) is 0 Å². The van der Waals surface area contributed by atoms with Crippen LogP contribution in [0.2, 0.25) is 0 Å². The smallest absolute Gasteiger partial charge is 0.338 e. The molecular weight excluding hydrogens is 431 g/mol. The van der Waals surface area contributed by atoms with Crippen molar-refractivity contribution < 1.29 is 24.2 Å². The van der Waals surface area contributed by atoms with Gasteiger partial charge >= 0.3 is 5.97 Å². The molecule has 6 nitrogen and oxygen atoms in total. The van der Waals surface area contributed by atoms with Gasteiger partial charge in [-0.15, -0.1) is 11.3 Å². The minimum Gasteiger partial charge on any atom is -0.506 e. The monoisotopic (exact) mass is 454 g/mol. The predicted octanol–water partition coefficient (Wildman–Crippen LogP) is 5.41. The molecule has 0 aliphatic rings. The first-order valence-corrected chi connectivity index (χ1v) is 10.7. The molecule has 1 heterocycles. The van der Waals surface area contributed by atoms with Crippen molar-refractivity contribution in [2.24, 2.45) is 5.10 Å². The highest BCUT2D eigenvalue weighted by atomic mass is 32.1. The summed E-state index contributed by atoms with van der Waals surface area (Å²) in [6.07, 6.45) is 0. The number of nitrogens with zero attached hydrogens (tertiary/aromatic N) is 1. The van der Waals surface area contributed by atoms with E-state index in [1.54, 1.807) is 12.3 Å². The standard InChI is InChI=1S/C24H23FN2O4S/c1-13(26-27-22(29)15-7-10-17(23(30)31)19(25)11-15)18-12-32-21(20(18)28)14-5-8-16(9-6-14)24(2,3)4/h5-12,28H,1-4H3,(H,27,29)(H,30,31)/b26-13+. The number of amides is 1. The molecule has 3 rings (SSSR count). The first-order valence-electron chi connectivity index (χ1n) is 9.78. The maximum absolute atomic E-state index is 13.8. The Labute approximate surface area is 189 Å². The molecule has 3 N–H and O–H groups in total. The van der Waals surface area contributed by atoms with E-state index >= 15 is 0 Å². The highest BCUT2D eigenvalue weighted by molar-refractivity contribution is 7.14. The minimum absolute atomic E-state index is 0.0273. The fourth-order valence-corrected chi connectivity index (χ4v) is 4.04. The van der Waals surface area contributed by atoms with Gasteiger partial charge in [0.15, 0.2) is 0 Å². The van der Waals surface area contributed by atoms with Gasteiger partial charge in [0.25, 0.3) is 5.91 Å². The van der Waals surface area contributed by atoms with Gasteiger partial charge < -0.3 is 10.2 Å². The number of aromatic carboxylic acids is 1. The maximum atomic E-state index is 13.8. The number of rotatable bonds is 5. The van der Waals surface area contributed by atoms with Crippen LogP contribution in [0.3, 0.4) is 0 Å². The number of aromatic hydroxyl groups is 1. The van der Waals surface area contributed by atoms with Crippen LogP contribution in [-0.2, 0) is 5.41 Å². The predicted molar refractivity (Wildman–Crippen MR) is 123 cm³/mol. The van der Waals surface area contributed by atoms with Crippen molar-refractivity contribution in [3.63, 3.8) is 0 Å². The van der Waals surface area contributed by atoms with Gasteiger partial charge in [0.1, 0.15) is 11.6 Å². The fraction of sp³-hybridized carbons (Fsp3) is 0.208. The highest BCUT2D eigenvalue weighted by Gasteiger charge is 2.18. The van der Waals surface area contributed by atoms with E-state index in [1.165, 1.54) is 23.0 Å². The van der Waals surface area contributed by atoms with Crippen molar-refractivity contribution in [3.05, 3.63) is 75.9 Å². The van der Waals surface area contributed by atoms with Crippen molar-refractivity contribution in [2.45, 2.75) is 33.1 Å². The zero-order chi connectivity index (χ0) is 23.6. The van der Waals surface area contributed by atoms with Gasteiger partial charge in [0.2, 0.25) is 0 Å². The lowest BCUT2D eigenvalue weighted by Gasteiger charge is -2.19. The molecule has 3 aromatic rings. The Kier molecular flexibility index (Phi) is 6.45. The van der Waals surface area contributed by atoms with E-state index in [4.69, 9.17) is 5.11 Å². The summed E-state index contributed by atoms with van der Waals surface area (Å²) in [5, 5.41) is 25.3. The highest BCUT2D eigenvalue weighted by Crippen LogP contribution is 2.39. The van der Waals surface area contributed by atoms with E-state index in [0.717, 1.165) is 17.7 Å². The number of thiophene rings is 1. The molecule has 0 radical (unpaired) electrons. The molecule has 32 heavy (non-hydrogen) atoms. The third-order valence-electron chi connectivity index (χ3n) is 4.95. The molecule has 2 aromatic carbocycles. The largest absolute Gasteiger partial charge is 0.506 e. The number of nitrogens with one attached hydrogen (secondary N) is 1. The second-order valence-corrected chi connectivity index (χ2v) is 9.17. The molecular formula is C24H23FN2O4S. The number of carboxylic acid groups (broad SMARTS) is 1. The van der Waals surface area contributed by atoms with E-state index in [0.29, 0.717) is 16.2 Å². The summed E-state index contributed by atoms with van der Waals surface area (Å²) in [4.78, 5) is 23.8. The van der Waals surface area contributed by atoms with Crippen molar-refractivity contribution in [1.82, 2.24) is 5.43 Å². The van der Waals surface area contributed by atoms with E-state index in [-0.39, 0.29) is 16.7 Å². The van der Waals surface area contributed by atoms with Crippen LogP contribution in [0.5, 0.6) is 5.75 Å². The number of halogens is 1. The first kappa shape index (κ1) is 23.1. The van der Waals surface area contributed by atoms with Crippen LogP contribution in [0, 0.1) is 5.82 Å². The van der Waals surface area contributed by atoms with Gasteiger partial charge in [0.05, 0.1) is 21.7 Å². The summed E-state index contributed by atoms with van der Waals surface area (Å²) in [5.74, 6) is -3.07. The average molecular weight is 455 g/mol. The lowest BCUT2D eigenvalue weighted by Crippen LogP contribution is -2.19. The molecule has 1 amide bonds. The van der Waals surface area contributed by atoms with Crippen LogP contribution in [0.15, 0.2) is 52.9 Å². The van der Waals surface area contributed by atoms with E-state index in [2.05, 4.69) is 31.3 Å². The molecule has 8 heteroatoms. The fourth-order valence-electron chi connectivity index (χ4n) is 3.02. The summed E-state index contributed by atoms with van der Waals surface area (Å²) >= 11 is 1.36. The van der Waals surface area contributed by atoms with Gasteiger partial charge in [-0.25, -0.2) is 14.6 Å². The second kappa shape index (κ2) is 8.92. The average Bonchev–Trinajstić information content (AvgIpc) is 3.12. The van der Waals surface area contributed by atoms with Crippen molar-refractivity contribution >= 4 is 28.9 Å². The van der Waals surface area contributed by atoms with Crippen LogP contribution in [0.25, 0.3) is 10.4 Å². The first-order chi connectivity index (χ1) is 15.0. The van der Waals surface area contributed by atoms with Crippen LogP contribution >= 0.6 is 11.3 Å². The Hall–Kier alpha value is -3.52. The van der Waals surface area contributed by atoms with Crippen molar-refractivity contribution in [2.75, 3.05) is 0 Å². The SMILES string of the molecule is C/C(=N\NC(=O)c1ccc(C(=O)O)c(F)c1)c1csc(-c2ccc(C(C)(C)C)cc2)c1O. The van der Waals surface area contributed by atoms with Crippen LogP contribution in [0.1, 0.15) is 59.5 Å². The normalized spacial score (nSPS) is 12.0. The van der Waals surface area contributed by atoms with Crippen LogP contribution in [-0.4, -0.2) is 27.8 Å². The van der Waals surface area contributed by atoms with E-state index in [1.807, 2.05) is 24.3 Å². The maximum Gasteiger partial charge on any atom is 0.338 e. The molecule has 166 valence electrons. The number of carboxylic acids is 1. The lowest BCUT2D eigenvalue weighted by molar-refractivity contribution is 0.0691. The number of hydrazone groups is 1. The third-order valence-corrected chi connectivity index (χ3v) is 5.97. The molecule has 0 fully saturated rings. The third kappa shape index (κ3) is 4.86. The van der Waals surface area contributed by atoms with Crippen molar-refractivity contribution in [3.8, 4) is 16.2 Å². The Balaban J connectivity index is 1.78. The van der Waals surface area contributed by atoms with Crippen LogP contribution < -0.4 is 5.43 Å². The quantitative estimate of drug-likeness (QED) is 0.355. The summed E-state index contributed by atoms with van der Waals surface area (Å²) in [6, 6.07) is 11.0. The Bertz CT molecular complexity index is 1210. The summed E-state index contributed by atoms with van der Waals surface area (Å²) < 4.78 is 13.8. The molecule has 0 saturated carbocycles. The lowest BCUT2D eigenvalue weighted by atomic mass is 9.86. The molecule has 0 atom stereocenters. The molecule has 0 spiro atoms. The molecule has 0 aliphatic heterocycles. The van der Waals surface area contributed by atoms with Crippen LogP contribution in [0.4, 0.5) is 4.39 Å². The molecule has 1 aromatic heterocycles. The van der Waals surface area contributed by atoms with Gasteiger partial charge in [0, 0.05) is 10.9 Å². The Morgan fingerprint density at radius 1 is 1.06 bits per heavy atom. The molecule has 0 bridgehead atoms. The Morgan fingerprint density at radius 2 is 1.72 bits per heavy atom. The molecule has 0 aliphatic carbocycles. The molecule has 0 saturated heterocycles. The molecule has 0 unspecified atom stereocenters. The van der Waals surface area contributed by atoms with E-state index < -0.39 is 23.3 Å². The summed E-state index contributed by atoms with van der Waals surface area (Å²) in [6.45, 7) is 8.02. The van der Waals surface area contributed by atoms with Gasteiger partial charge in [-0.1, -0.05) is 45.0 Å². The van der Waals surface area contributed by atoms with E-state index in [9.17, 15) is 19.1 Å². The number of carbonyl (C=O) groups is 2. The zero-order valence-electron chi connectivity index (χ0n) is 18.1. The number of hydrogen-bond acceptors (Lipinski definition) is 5. The number of hydrogen-bond donors (Lipinski definition) is 3. The second-order valence-electron chi connectivity index (χ2n) is 8.29. The van der Waals surface area contributed by atoms with Gasteiger partial charge in [-0.05, 0) is 41.7 Å². The topological polar surface area (TPSA) is 99.0 Å². The van der Waals surface area contributed by atoms with Gasteiger partial charge in [-0.2, -0.15) is 5.10 Å². The summed E-state index contributed by atoms with van der Waals surface area (Å²) in [5.41, 5.74) is 4.63. The zero-order valence-corrected chi connectivity index (χ0v) is 18.9. The Morgan fingerprint density at radius 3 is 2.28 bits per heavy atom.